The highest BCUT2D eigenvalue weighted by atomic mass is 16.3. The SMILES string of the molecule is CCCCCCCCCCCC[C](C(C)O)N(C)C. The first-order chi connectivity index (χ1) is 9.09. The average molecular weight is 270 g/mol. The van der Waals surface area contributed by atoms with Gasteiger partial charge in [-0.2, -0.15) is 0 Å². The van der Waals surface area contributed by atoms with E-state index in [9.17, 15) is 5.11 Å². The molecule has 0 aliphatic rings. The molecule has 115 valence electrons. The van der Waals surface area contributed by atoms with E-state index in [0.717, 1.165) is 6.42 Å². The molecule has 1 N–H and O–H groups in total. The van der Waals surface area contributed by atoms with Gasteiger partial charge in [-0.1, -0.05) is 71.1 Å². The Kier molecular flexibility index (Phi) is 12.9. The van der Waals surface area contributed by atoms with Gasteiger partial charge in [-0.05, 0) is 27.4 Å². The van der Waals surface area contributed by atoms with Crippen molar-refractivity contribution in [3.8, 4) is 0 Å². The van der Waals surface area contributed by atoms with Gasteiger partial charge in [0.1, 0.15) is 0 Å². The topological polar surface area (TPSA) is 23.5 Å². The highest BCUT2D eigenvalue weighted by molar-refractivity contribution is 4.91. The molecule has 1 radical (unpaired) electrons. The second-order valence-electron chi connectivity index (χ2n) is 5.99. The van der Waals surface area contributed by atoms with Gasteiger partial charge in [0.15, 0.2) is 0 Å². The van der Waals surface area contributed by atoms with E-state index in [2.05, 4.69) is 11.8 Å². The molecule has 1 atom stereocenters. The second kappa shape index (κ2) is 12.9. The van der Waals surface area contributed by atoms with E-state index >= 15 is 0 Å². The fourth-order valence-corrected chi connectivity index (χ4v) is 2.60. The Morgan fingerprint density at radius 1 is 0.842 bits per heavy atom. The number of hydrogen-bond donors (Lipinski definition) is 1. The van der Waals surface area contributed by atoms with E-state index in [4.69, 9.17) is 0 Å². The molecular formula is C17H36NO. The van der Waals surface area contributed by atoms with Gasteiger partial charge in [0.2, 0.25) is 0 Å². The van der Waals surface area contributed by atoms with Crippen LogP contribution in [0.5, 0.6) is 0 Å². The van der Waals surface area contributed by atoms with Crippen molar-refractivity contribution in [3.63, 3.8) is 0 Å². The maximum Gasteiger partial charge on any atom is 0.0714 e. The third kappa shape index (κ3) is 11.4. The van der Waals surface area contributed by atoms with Crippen molar-refractivity contribution >= 4 is 0 Å². The molecular weight excluding hydrogens is 234 g/mol. The fraction of sp³-hybridized carbons (Fsp3) is 0.941. The van der Waals surface area contributed by atoms with Gasteiger partial charge in [-0.25, -0.2) is 0 Å². The van der Waals surface area contributed by atoms with Crippen LogP contribution in [0.4, 0.5) is 0 Å². The largest absolute Gasteiger partial charge is 0.391 e. The molecule has 0 fully saturated rings. The Balaban J connectivity index is 3.30. The van der Waals surface area contributed by atoms with Gasteiger partial charge in [0, 0.05) is 0 Å². The highest BCUT2D eigenvalue weighted by Crippen LogP contribution is 2.19. The standard InChI is InChI=1S/C17H36NO/c1-5-6-7-8-9-10-11-12-13-14-15-17(16(2)19)18(3)4/h16,19H,5-15H2,1-4H3. The Morgan fingerprint density at radius 3 is 1.63 bits per heavy atom. The van der Waals surface area contributed by atoms with Crippen LogP contribution in [0.25, 0.3) is 0 Å². The molecule has 0 spiro atoms. The molecule has 0 aliphatic carbocycles. The minimum absolute atomic E-state index is 0.298. The molecule has 0 bridgehead atoms. The smallest absolute Gasteiger partial charge is 0.0714 e. The number of hydrogen-bond acceptors (Lipinski definition) is 2. The summed E-state index contributed by atoms with van der Waals surface area (Å²) in [6.45, 7) is 4.14. The summed E-state index contributed by atoms with van der Waals surface area (Å²) in [5.74, 6) is 0. The lowest BCUT2D eigenvalue weighted by Gasteiger charge is -2.25. The summed E-state index contributed by atoms with van der Waals surface area (Å²) < 4.78 is 0. The highest BCUT2D eigenvalue weighted by Gasteiger charge is 2.17. The molecule has 0 amide bonds. The predicted octanol–water partition coefficient (Wildman–Crippen LogP) is 4.77. The molecule has 2 nitrogen and oxygen atoms in total. The first-order valence-corrected chi connectivity index (χ1v) is 8.30. The summed E-state index contributed by atoms with van der Waals surface area (Å²) in [6, 6.07) is 1.17. The Labute approximate surface area is 121 Å². The lowest BCUT2D eigenvalue weighted by molar-refractivity contribution is 0.147. The lowest BCUT2D eigenvalue weighted by atomic mass is 10.0. The number of likely N-dealkylation sites (N-methyl/N-ethyl adjacent to an activating group) is 1. The van der Waals surface area contributed by atoms with E-state index in [-0.39, 0.29) is 6.10 Å². The second-order valence-corrected chi connectivity index (χ2v) is 5.99. The van der Waals surface area contributed by atoms with E-state index in [1.807, 2.05) is 21.0 Å². The summed E-state index contributed by atoms with van der Waals surface area (Å²) >= 11 is 0. The van der Waals surface area contributed by atoms with Gasteiger partial charge in [-0.15, -0.1) is 0 Å². The monoisotopic (exact) mass is 270 g/mol. The van der Waals surface area contributed by atoms with Crippen molar-refractivity contribution in [1.82, 2.24) is 4.90 Å². The normalized spacial score (nSPS) is 13.4. The van der Waals surface area contributed by atoms with Crippen LogP contribution in [-0.4, -0.2) is 30.2 Å². The van der Waals surface area contributed by atoms with Crippen LogP contribution in [0.1, 0.15) is 84.5 Å². The van der Waals surface area contributed by atoms with Crippen molar-refractivity contribution in [2.75, 3.05) is 14.1 Å². The minimum Gasteiger partial charge on any atom is -0.391 e. The third-order valence-electron chi connectivity index (χ3n) is 3.84. The molecule has 0 heterocycles. The van der Waals surface area contributed by atoms with Crippen molar-refractivity contribution in [3.05, 3.63) is 6.04 Å². The maximum atomic E-state index is 9.65. The van der Waals surface area contributed by atoms with Gasteiger partial charge < -0.3 is 5.11 Å². The third-order valence-corrected chi connectivity index (χ3v) is 3.84. The van der Waals surface area contributed by atoms with Gasteiger partial charge in [0.25, 0.3) is 0 Å². The minimum atomic E-state index is -0.298. The predicted molar refractivity (Wildman–Crippen MR) is 85.1 cm³/mol. The zero-order chi connectivity index (χ0) is 14.5. The van der Waals surface area contributed by atoms with Crippen LogP contribution >= 0.6 is 0 Å². The number of unbranched alkanes of at least 4 members (excludes halogenated alkanes) is 9. The fourth-order valence-electron chi connectivity index (χ4n) is 2.60. The molecule has 0 aromatic rings. The van der Waals surface area contributed by atoms with Crippen LogP contribution in [0.15, 0.2) is 0 Å². The average Bonchev–Trinajstić information content (AvgIpc) is 2.35. The van der Waals surface area contributed by atoms with Gasteiger partial charge in [0.05, 0.1) is 12.1 Å². The number of rotatable bonds is 13. The van der Waals surface area contributed by atoms with Crippen LogP contribution < -0.4 is 0 Å². The molecule has 0 aromatic carbocycles. The van der Waals surface area contributed by atoms with E-state index in [1.54, 1.807) is 0 Å². The Hall–Kier alpha value is -0.0800. The molecule has 1 unspecified atom stereocenters. The molecule has 0 aromatic heterocycles. The first kappa shape index (κ1) is 18.9. The number of nitrogens with zero attached hydrogens (tertiary/aromatic N) is 1. The van der Waals surface area contributed by atoms with E-state index in [0.29, 0.717) is 0 Å². The van der Waals surface area contributed by atoms with Crippen LogP contribution in [0.2, 0.25) is 0 Å². The molecule has 0 rings (SSSR count). The van der Waals surface area contributed by atoms with Gasteiger partial charge in [-0.3, -0.25) is 4.90 Å². The van der Waals surface area contributed by atoms with E-state index < -0.39 is 0 Å². The first-order valence-electron chi connectivity index (χ1n) is 8.30. The molecule has 0 saturated heterocycles. The van der Waals surface area contributed by atoms with Crippen LogP contribution in [-0.2, 0) is 0 Å². The molecule has 0 aliphatic heterocycles. The molecule has 19 heavy (non-hydrogen) atoms. The summed E-state index contributed by atoms with van der Waals surface area (Å²) in [5, 5.41) is 9.65. The van der Waals surface area contributed by atoms with E-state index in [1.165, 1.54) is 70.3 Å². The van der Waals surface area contributed by atoms with Crippen molar-refractivity contribution in [2.45, 2.75) is 90.6 Å². The zero-order valence-electron chi connectivity index (χ0n) is 13.7. The Bertz CT molecular complexity index is 172. The number of aliphatic hydroxyl groups is 1. The van der Waals surface area contributed by atoms with Gasteiger partial charge >= 0.3 is 0 Å². The summed E-state index contributed by atoms with van der Waals surface area (Å²) in [5.41, 5.74) is 0. The van der Waals surface area contributed by atoms with Crippen LogP contribution in [0, 0.1) is 6.04 Å². The molecule has 2 heteroatoms. The lowest BCUT2D eigenvalue weighted by Crippen LogP contribution is -2.29. The van der Waals surface area contributed by atoms with Crippen LogP contribution in [0.3, 0.4) is 0 Å². The quantitative estimate of drug-likeness (QED) is 0.487. The zero-order valence-corrected chi connectivity index (χ0v) is 13.7. The molecule has 0 saturated carbocycles. The summed E-state index contributed by atoms with van der Waals surface area (Å²) in [6.07, 6.45) is 14.4. The van der Waals surface area contributed by atoms with Crippen molar-refractivity contribution in [2.24, 2.45) is 0 Å². The Morgan fingerprint density at radius 2 is 1.26 bits per heavy atom. The van der Waals surface area contributed by atoms with Crippen molar-refractivity contribution < 1.29 is 5.11 Å². The summed E-state index contributed by atoms with van der Waals surface area (Å²) in [7, 11) is 4.05. The number of aliphatic hydroxyl groups excluding tert-OH is 1. The van der Waals surface area contributed by atoms with Crippen molar-refractivity contribution in [1.29, 1.82) is 0 Å². The summed E-state index contributed by atoms with van der Waals surface area (Å²) in [4.78, 5) is 2.07. The maximum absolute atomic E-state index is 9.65.